The van der Waals surface area contributed by atoms with Gasteiger partial charge in [0.2, 0.25) is 0 Å². The van der Waals surface area contributed by atoms with E-state index < -0.39 is 0 Å². The van der Waals surface area contributed by atoms with E-state index in [1.165, 1.54) is 10.5 Å². The molecule has 1 aromatic rings. The van der Waals surface area contributed by atoms with Crippen molar-refractivity contribution < 1.29 is 4.79 Å². The molecule has 3 heterocycles. The van der Waals surface area contributed by atoms with Crippen molar-refractivity contribution >= 4 is 29.7 Å². The molecule has 0 bridgehead atoms. The number of aromatic nitrogens is 1. The smallest absolute Gasteiger partial charge is 0.159 e. The summed E-state index contributed by atoms with van der Waals surface area (Å²) in [5, 5.41) is 1.04. The summed E-state index contributed by atoms with van der Waals surface area (Å²) < 4.78 is 2.14. The standard InChI is InChI=1S/C11H10N2OS/c1-15-10-8-2-4-12-11(8)13-5-3-7(14)6-9(10)13/h2,4,6H,3,5H2,1H3. The lowest BCUT2D eigenvalue weighted by Gasteiger charge is -2.07. The van der Waals surface area contributed by atoms with Crippen LogP contribution in [0.25, 0.3) is 12.2 Å². The normalized spacial score (nSPS) is 17.0. The number of thioether (sulfide) groups is 1. The number of hydrogen-bond donors (Lipinski definition) is 0. The van der Waals surface area contributed by atoms with Crippen molar-refractivity contribution in [3.05, 3.63) is 22.6 Å². The van der Waals surface area contributed by atoms with Crippen LogP contribution in [0.5, 0.6) is 0 Å². The van der Waals surface area contributed by atoms with E-state index in [0.29, 0.717) is 6.42 Å². The molecule has 3 nitrogen and oxygen atoms in total. The first kappa shape index (κ1) is 8.97. The second-order valence-corrected chi connectivity index (χ2v) is 4.43. The number of rotatable bonds is 1. The molecule has 0 saturated heterocycles. The first-order chi connectivity index (χ1) is 7.31. The van der Waals surface area contributed by atoms with Crippen LogP contribution >= 0.6 is 11.8 Å². The number of ketones is 1. The molecule has 3 rings (SSSR count). The molecule has 76 valence electrons. The number of nitrogens with zero attached hydrogens (tertiary/aromatic N) is 2. The van der Waals surface area contributed by atoms with Crippen molar-refractivity contribution in [2.45, 2.75) is 17.9 Å². The van der Waals surface area contributed by atoms with Crippen molar-refractivity contribution in [1.29, 1.82) is 0 Å². The summed E-state index contributed by atoms with van der Waals surface area (Å²) in [4.78, 5) is 16.9. The molecule has 2 aliphatic heterocycles. The first-order valence-electron chi connectivity index (χ1n) is 4.86. The molecular weight excluding hydrogens is 208 g/mol. The van der Waals surface area contributed by atoms with Gasteiger partial charge in [-0.05, 0) is 12.3 Å². The van der Waals surface area contributed by atoms with Crippen molar-refractivity contribution in [2.75, 3.05) is 6.26 Å². The van der Waals surface area contributed by atoms with Crippen LogP contribution in [-0.4, -0.2) is 16.6 Å². The maximum Gasteiger partial charge on any atom is 0.159 e. The number of Topliss-reactive ketones (excluding diaryl/α,β-unsaturated/α-hetero) is 1. The molecule has 15 heavy (non-hydrogen) atoms. The maximum absolute atomic E-state index is 11.4. The highest BCUT2D eigenvalue weighted by Gasteiger charge is 2.19. The number of hydrogen-bond acceptors (Lipinski definition) is 3. The fourth-order valence-electron chi connectivity index (χ4n) is 2.12. The van der Waals surface area contributed by atoms with E-state index in [1.807, 2.05) is 18.5 Å². The largest absolute Gasteiger partial charge is 0.324 e. The highest BCUT2D eigenvalue weighted by molar-refractivity contribution is 7.98. The van der Waals surface area contributed by atoms with E-state index in [9.17, 15) is 4.79 Å². The van der Waals surface area contributed by atoms with Crippen LogP contribution in [0.3, 0.4) is 0 Å². The van der Waals surface area contributed by atoms with E-state index in [2.05, 4.69) is 9.56 Å². The van der Waals surface area contributed by atoms with Crippen LogP contribution in [0, 0.1) is 0 Å². The monoisotopic (exact) mass is 218 g/mol. The van der Waals surface area contributed by atoms with Crippen molar-refractivity contribution in [3.8, 4) is 0 Å². The molecule has 2 aliphatic rings. The number of carbonyl (C=O) groups excluding carboxylic acids is 1. The summed E-state index contributed by atoms with van der Waals surface area (Å²) in [5.74, 6) is 0.220. The van der Waals surface area contributed by atoms with Gasteiger partial charge in [-0.1, -0.05) is 0 Å². The third-order valence-corrected chi connectivity index (χ3v) is 3.62. The Morgan fingerprint density at radius 3 is 3.20 bits per heavy atom. The minimum absolute atomic E-state index is 0.220. The Morgan fingerprint density at radius 2 is 2.40 bits per heavy atom. The minimum atomic E-state index is 0.220. The lowest BCUT2D eigenvalue weighted by atomic mass is 10.2. The lowest BCUT2D eigenvalue weighted by molar-refractivity contribution is -0.113. The van der Waals surface area contributed by atoms with Gasteiger partial charge >= 0.3 is 0 Å². The van der Waals surface area contributed by atoms with Gasteiger partial charge in [-0.2, -0.15) is 0 Å². The van der Waals surface area contributed by atoms with Gasteiger partial charge in [0, 0.05) is 35.7 Å². The third-order valence-electron chi connectivity index (χ3n) is 2.79. The SMILES string of the molecule is CSc1c2c(n3c1=CC(=O)CC3)=NC=C2. The van der Waals surface area contributed by atoms with E-state index in [-0.39, 0.29) is 5.78 Å². The Labute approximate surface area is 91.2 Å². The molecule has 0 N–H and O–H groups in total. The second-order valence-electron chi connectivity index (χ2n) is 3.61. The summed E-state index contributed by atoms with van der Waals surface area (Å²) in [6.07, 6.45) is 8.23. The van der Waals surface area contributed by atoms with Crippen LogP contribution in [0.2, 0.25) is 0 Å². The summed E-state index contributed by atoms with van der Waals surface area (Å²) in [7, 11) is 0. The van der Waals surface area contributed by atoms with Gasteiger partial charge in [0.25, 0.3) is 0 Å². The van der Waals surface area contributed by atoms with Crippen molar-refractivity contribution in [2.24, 2.45) is 4.99 Å². The van der Waals surface area contributed by atoms with Gasteiger partial charge in [-0.3, -0.25) is 4.79 Å². The van der Waals surface area contributed by atoms with E-state index in [4.69, 9.17) is 0 Å². The second kappa shape index (κ2) is 3.10. The molecule has 0 aliphatic carbocycles. The Bertz CT molecular complexity index is 595. The lowest BCUT2D eigenvalue weighted by Crippen LogP contribution is -2.32. The predicted octanol–water partition coefficient (Wildman–Crippen LogP) is 0.567. The molecule has 4 heteroatoms. The third kappa shape index (κ3) is 1.14. The highest BCUT2D eigenvalue weighted by Crippen LogP contribution is 2.18. The van der Waals surface area contributed by atoms with Crippen LogP contribution in [0.1, 0.15) is 12.0 Å². The Balaban J connectivity index is 2.44. The first-order valence-corrected chi connectivity index (χ1v) is 6.09. The summed E-state index contributed by atoms with van der Waals surface area (Å²) >= 11 is 1.68. The molecule has 0 amide bonds. The van der Waals surface area contributed by atoms with Crippen LogP contribution in [0.4, 0.5) is 0 Å². The fourth-order valence-corrected chi connectivity index (χ4v) is 2.88. The van der Waals surface area contributed by atoms with Gasteiger partial charge in [0.15, 0.2) is 5.78 Å². The van der Waals surface area contributed by atoms with Crippen LogP contribution in [-0.2, 0) is 11.3 Å². The van der Waals surface area contributed by atoms with Crippen molar-refractivity contribution in [1.82, 2.24) is 4.57 Å². The van der Waals surface area contributed by atoms with E-state index in [0.717, 1.165) is 17.4 Å². The van der Waals surface area contributed by atoms with Crippen molar-refractivity contribution in [3.63, 3.8) is 0 Å². The van der Waals surface area contributed by atoms with E-state index in [1.54, 1.807) is 17.8 Å². The zero-order valence-corrected chi connectivity index (χ0v) is 9.17. The predicted molar refractivity (Wildman–Crippen MR) is 60.1 cm³/mol. The van der Waals surface area contributed by atoms with Crippen LogP contribution < -0.4 is 10.8 Å². The molecule has 0 radical (unpaired) electrons. The summed E-state index contributed by atoms with van der Waals surface area (Å²) in [5.41, 5.74) is 2.18. The molecule has 0 aromatic carbocycles. The average molecular weight is 218 g/mol. The molecule has 0 atom stereocenters. The van der Waals surface area contributed by atoms with Gasteiger partial charge in [-0.25, -0.2) is 4.99 Å². The maximum atomic E-state index is 11.4. The number of fused-ring (bicyclic) bond motifs is 3. The molecule has 0 unspecified atom stereocenters. The zero-order valence-electron chi connectivity index (χ0n) is 8.36. The quantitative estimate of drug-likeness (QED) is 0.646. The van der Waals surface area contributed by atoms with Gasteiger partial charge in [0.1, 0.15) is 5.49 Å². The van der Waals surface area contributed by atoms with E-state index >= 15 is 0 Å². The Hall–Kier alpha value is -1.29. The average Bonchev–Trinajstić information content (AvgIpc) is 2.76. The highest BCUT2D eigenvalue weighted by atomic mass is 32.2. The molecule has 0 saturated carbocycles. The Kier molecular flexibility index (Phi) is 1.85. The summed E-state index contributed by atoms with van der Waals surface area (Å²) in [6.45, 7) is 0.763. The van der Waals surface area contributed by atoms with Gasteiger partial charge in [0.05, 0.1) is 5.35 Å². The van der Waals surface area contributed by atoms with Gasteiger partial charge in [-0.15, -0.1) is 11.8 Å². The molecule has 0 spiro atoms. The number of carbonyl (C=O) groups is 1. The molecule has 1 aromatic heterocycles. The fraction of sp³-hybridized carbons (Fsp3) is 0.273. The zero-order chi connectivity index (χ0) is 10.4. The minimum Gasteiger partial charge on any atom is -0.324 e. The summed E-state index contributed by atoms with van der Waals surface area (Å²) in [6, 6.07) is 0. The Morgan fingerprint density at radius 1 is 1.53 bits per heavy atom. The molecular formula is C11H10N2OS. The van der Waals surface area contributed by atoms with Crippen LogP contribution in [0.15, 0.2) is 16.1 Å². The van der Waals surface area contributed by atoms with Gasteiger partial charge < -0.3 is 4.57 Å². The molecule has 0 fully saturated rings. The topological polar surface area (TPSA) is 34.4 Å².